The molecule has 0 radical (unpaired) electrons. The molecule has 0 atom stereocenters. The average molecular weight is 314 g/mol. The molecular formula is C17H18N2O2S. The molecule has 0 aliphatic heterocycles. The minimum Gasteiger partial charge on any atom is -0.359 e. The van der Waals surface area contributed by atoms with Gasteiger partial charge in [0.1, 0.15) is 0 Å². The molecule has 2 rings (SSSR count). The second kappa shape index (κ2) is 8.14. The predicted octanol–water partition coefficient (Wildman–Crippen LogP) is 3.08. The fourth-order valence-electron chi connectivity index (χ4n) is 1.87. The zero-order valence-electron chi connectivity index (χ0n) is 12.3. The van der Waals surface area contributed by atoms with Crippen LogP contribution in [0.15, 0.2) is 47.9 Å². The minimum atomic E-state index is -0.161. The molecule has 2 amide bonds. The highest BCUT2D eigenvalue weighted by atomic mass is 32.1. The molecule has 0 fully saturated rings. The fraction of sp³-hybridized carbons (Fsp3) is 0.176. The molecule has 0 aliphatic rings. The van der Waals surface area contributed by atoms with Gasteiger partial charge in [-0.2, -0.15) is 0 Å². The molecule has 5 heteroatoms. The van der Waals surface area contributed by atoms with Gasteiger partial charge in [-0.1, -0.05) is 18.2 Å². The third-order valence-electron chi connectivity index (χ3n) is 3.08. The first-order valence-corrected chi connectivity index (χ1v) is 7.87. The lowest BCUT2D eigenvalue weighted by Gasteiger charge is -2.04. The first-order chi connectivity index (χ1) is 10.7. The maximum absolute atomic E-state index is 11.8. The van der Waals surface area contributed by atoms with Gasteiger partial charge in [0.15, 0.2) is 0 Å². The number of hydrogen-bond acceptors (Lipinski definition) is 3. The molecule has 1 aromatic heterocycles. The standard InChI is InChI=1S/C17H18N2O2S/c1-18-16(20)10-6-13-4-7-14(8-5-13)19-17(21)11-9-15-3-2-12-22-15/h2-5,7-9,11-12H,6,10H2,1H3,(H,18,20)(H,19,21)/b11-9+. The van der Waals surface area contributed by atoms with Gasteiger partial charge in [0.2, 0.25) is 11.8 Å². The molecule has 2 aromatic rings. The van der Waals surface area contributed by atoms with E-state index >= 15 is 0 Å². The summed E-state index contributed by atoms with van der Waals surface area (Å²) >= 11 is 1.58. The normalized spacial score (nSPS) is 10.6. The zero-order chi connectivity index (χ0) is 15.8. The smallest absolute Gasteiger partial charge is 0.248 e. The maximum Gasteiger partial charge on any atom is 0.248 e. The summed E-state index contributed by atoms with van der Waals surface area (Å²) in [5.74, 6) is -0.136. The van der Waals surface area contributed by atoms with Crippen LogP contribution < -0.4 is 10.6 Å². The fourth-order valence-corrected chi connectivity index (χ4v) is 2.48. The van der Waals surface area contributed by atoms with Crippen molar-refractivity contribution in [2.45, 2.75) is 12.8 Å². The summed E-state index contributed by atoms with van der Waals surface area (Å²) in [6.45, 7) is 0. The van der Waals surface area contributed by atoms with Crippen molar-refractivity contribution in [2.75, 3.05) is 12.4 Å². The predicted molar refractivity (Wildman–Crippen MR) is 90.8 cm³/mol. The average Bonchev–Trinajstić information content (AvgIpc) is 3.05. The van der Waals surface area contributed by atoms with Crippen LogP contribution in [0.2, 0.25) is 0 Å². The Morgan fingerprint density at radius 3 is 2.59 bits per heavy atom. The second-order valence-corrected chi connectivity index (χ2v) is 5.69. The van der Waals surface area contributed by atoms with E-state index in [4.69, 9.17) is 0 Å². The Kier molecular flexibility index (Phi) is 5.91. The number of carbonyl (C=O) groups is 2. The third kappa shape index (κ3) is 5.18. The number of thiophene rings is 1. The lowest BCUT2D eigenvalue weighted by atomic mass is 10.1. The van der Waals surface area contributed by atoms with Gasteiger partial charge in [0.25, 0.3) is 0 Å². The first kappa shape index (κ1) is 16.0. The van der Waals surface area contributed by atoms with E-state index < -0.39 is 0 Å². The summed E-state index contributed by atoms with van der Waals surface area (Å²) in [5, 5.41) is 7.37. The number of rotatable bonds is 6. The van der Waals surface area contributed by atoms with E-state index in [1.54, 1.807) is 24.5 Å². The van der Waals surface area contributed by atoms with Crippen molar-refractivity contribution < 1.29 is 9.59 Å². The highest BCUT2D eigenvalue weighted by Crippen LogP contribution is 2.13. The molecule has 114 valence electrons. The molecule has 0 saturated heterocycles. The van der Waals surface area contributed by atoms with Crippen LogP contribution in [0.5, 0.6) is 0 Å². The van der Waals surface area contributed by atoms with Gasteiger partial charge in [-0.3, -0.25) is 9.59 Å². The Balaban J connectivity index is 1.85. The van der Waals surface area contributed by atoms with Gasteiger partial charge in [-0.05, 0) is 41.6 Å². The van der Waals surface area contributed by atoms with Crippen molar-refractivity contribution >= 4 is 34.9 Å². The van der Waals surface area contributed by atoms with Gasteiger partial charge in [-0.25, -0.2) is 0 Å². The van der Waals surface area contributed by atoms with Crippen molar-refractivity contribution in [1.29, 1.82) is 0 Å². The SMILES string of the molecule is CNC(=O)CCc1ccc(NC(=O)/C=C/c2cccs2)cc1. The van der Waals surface area contributed by atoms with Gasteiger partial charge >= 0.3 is 0 Å². The summed E-state index contributed by atoms with van der Waals surface area (Å²) in [6.07, 6.45) is 4.46. The largest absolute Gasteiger partial charge is 0.359 e. The molecule has 0 saturated carbocycles. The summed E-state index contributed by atoms with van der Waals surface area (Å²) < 4.78 is 0. The number of anilines is 1. The Morgan fingerprint density at radius 2 is 1.95 bits per heavy atom. The number of aryl methyl sites for hydroxylation is 1. The molecule has 4 nitrogen and oxygen atoms in total. The lowest BCUT2D eigenvalue weighted by Crippen LogP contribution is -2.17. The van der Waals surface area contributed by atoms with Crippen LogP contribution in [0.4, 0.5) is 5.69 Å². The third-order valence-corrected chi connectivity index (χ3v) is 3.92. The molecule has 0 bridgehead atoms. The van der Waals surface area contributed by atoms with E-state index in [9.17, 15) is 9.59 Å². The van der Waals surface area contributed by atoms with Crippen LogP contribution in [-0.4, -0.2) is 18.9 Å². The van der Waals surface area contributed by atoms with E-state index in [1.807, 2.05) is 41.8 Å². The lowest BCUT2D eigenvalue weighted by molar-refractivity contribution is -0.120. The van der Waals surface area contributed by atoms with E-state index in [-0.39, 0.29) is 11.8 Å². The van der Waals surface area contributed by atoms with Crippen LogP contribution in [0, 0.1) is 0 Å². The molecular weight excluding hydrogens is 296 g/mol. The highest BCUT2D eigenvalue weighted by Gasteiger charge is 2.01. The van der Waals surface area contributed by atoms with Crippen LogP contribution in [0.3, 0.4) is 0 Å². The Bertz CT molecular complexity index is 646. The minimum absolute atomic E-state index is 0.0242. The van der Waals surface area contributed by atoms with E-state index in [1.165, 1.54) is 6.08 Å². The van der Waals surface area contributed by atoms with Crippen molar-refractivity contribution in [3.8, 4) is 0 Å². The van der Waals surface area contributed by atoms with Crippen LogP contribution >= 0.6 is 11.3 Å². The Hall–Kier alpha value is -2.40. The second-order valence-electron chi connectivity index (χ2n) is 4.71. The van der Waals surface area contributed by atoms with E-state index in [2.05, 4.69) is 10.6 Å². The number of hydrogen-bond donors (Lipinski definition) is 2. The van der Waals surface area contributed by atoms with Crippen molar-refractivity contribution in [1.82, 2.24) is 5.32 Å². The summed E-state index contributed by atoms with van der Waals surface area (Å²) in [5.41, 5.74) is 1.81. The Labute approximate surface area is 133 Å². The van der Waals surface area contributed by atoms with E-state index in [0.29, 0.717) is 12.8 Å². The zero-order valence-corrected chi connectivity index (χ0v) is 13.2. The monoisotopic (exact) mass is 314 g/mol. The van der Waals surface area contributed by atoms with Crippen molar-refractivity contribution in [2.24, 2.45) is 0 Å². The Morgan fingerprint density at radius 1 is 1.18 bits per heavy atom. The number of benzene rings is 1. The van der Waals surface area contributed by atoms with Gasteiger partial charge < -0.3 is 10.6 Å². The molecule has 0 aliphatic carbocycles. The van der Waals surface area contributed by atoms with E-state index in [0.717, 1.165) is 16.1 Å². The number of carbonyl (C=O) groups excluding carboxylic acids is 2. The molecule has 22 heavy (non-hydrogen) atoms. The number of amides is 2. The van der Waals surface area contributed by atoms with Crippen LogP contribution in [0.1, 0.15) is 16.9 Å². The first-order valence-electron chi connectivity index (χ1n) is 6.99. The van der Waals surface area contributed by atoms with Gasteiger partial charge in [0.05, 0.1) is 0 Å². The summed E-state index contributed by atoms with van der Waals surface area (Å²) in [6, 6.07) is 11.4. The molecule has 0 spiro atoms. The quantitative estimate of drug-likeness (QED) is 0.805. The van der Waals surface area contributed by atoms with Gasteiger partial charge in [0, 0.05) is 30.1 Å². The molecule has 0 unspecified atom stereocenters. The number of nitrogens with one attached hydrogen (secondary N) is 2. The van der Waals surface area contributed by atoms with Crippen LogP contribution in [0.25, 0.3) is 6.08 Å². The summed E-state index contributed by atoms with van der Waals surface area (Å²) in [4.78, 5) is 24.0. The molecule has 2 N–H and O–H groups in total. The molecule has 1 aromatic carbocycles. The topological polar surface area (TPSA) is 58.2 Å². The molecule has 1 heterocycles. The summed E-state index contributed by atoms with van der Waals surface area (Å²) in [7, 11) is 1.63. The highest BCUT2D eigenvalue weighted by molar-refractivity contribution is 7.10. The maximum atomic E-state index is 11.8. The van der Waals surface area contributed by atoms with Crippen molar-refractivity contribution in [3.05, 3.63) is 58.3 Å². The van der Waals surface area contributed by atoms with Crippen molar-refractivity contribution in [3.63, 3.8) is 0 Å². The van der Waals surface area contributed by atoms with Crippen LogP contribution in [-0.2, 0) is 16.0 Å². The van der Waals surface area contributed by atoms with Gasteiger partial charge in [-0.15, -0.1) is 11.3 Å².